The molecule has 0 amide bonds. The van der Waals surface area contributed by atoms with Crippen LogP contribution in [0, 0.1) is 11.6 Å². The molecule has 0 N–H and O–H groups in total. The van der Waals surface area contributed by atoms with Gasteiger partial charge < -0.3 is 14.4 Å². The van der Waals surface area contributed by atoms with E-state index in [1.807, 2.05) is 4.90 Å². The molecule has 1 aromatic heterocycles. The Labute approximate surface area is 167 Å². The first kappa shape index (κ1) is 19.9. The average molecular weight is 426 g/mol. The van der Waals surface area contributed by atoms with Crippen LogP contribution < -0.4 is 9.64 Å². The van der Waals surface area contributed by atoms with E-state index in [9.17, 15) is 17.2 Å². The Kier molecular flexibility index (Phi) is 5.61. The summed E-state index contributed by atoms with van der Waals surface area (Å²) in [6, 6.07) is 2.26. The van der Waals surface area contributed by atoms with Gasteiger partial charge in [-0.05, 0) is 18.6 Å². The molecule has 2 aromatic rings. The first-order chi connectivity index (χ1) is 13.9. The molecule has 1 atom stereocenters. The number of benzene rings is 1. The third-order valence-electron chi connectivity index (χ3n) is 4.82. The summed E-state index contributed by atoms with van der Waals surface area (Å²) in [6.45, 7) is 2.71. The van der Waals surface area contributed by atoms with Crippen molar-refractivity contribution in [3.05, 3.63) is 42.2 Å². The topological polar surface area (TPSA) is 84.9 Å². The average Bonchev–Trinajstić information content (AvgIpc) is 3.18. The van der Waals surface area contributed by atoms with Gasteiger partial charge in [0.2, 0.25) is 10.0 Å². The zero-order valence-electron chi connectivity index (χ0n) is 15.5. The summed E-state index contributed by atoms with van der Waals surface area (Å²) in [5.74, 6) is -0.963. The molecule has 156 valence electrons. The Morgan fingerprint density at radius 3 is 2.45 bits per heavy atom. The molecule has 1 unspecified atom stereocenters. The fourth-order valence-electron chi connectivity index (χ4n) is 3.39. The van der Waals surface area contributed by atoms with Crippen molar-refractivity contribution in [1.82, 2.24) is 14.3 Å². The zero-order valence-corrected chi connectivity index (χ0v) is 16.3. The van der Waals surface area contributed by atoms with Crippen molar-refractivity contribution in [2.45, 2.75) is 17.4 Å². The highest BCUT2D eigenvalue weighted by Crippen LogP contribution is 2.28. The van der Waals surface area contributed by atoms with E-state index in [-0.39, 0.29) is 13.1 Å². The smallest absolute Gasteiger partial charge is 0.257 e. The normalized spacial score (nSPS) is 20.8. The van der Waals surface area contributed by atoms with Crippen LogP contribution in [0.25, 0.3) is 0 Å². The molecule has 2 fully saturated rings. The second-order valence-corrected chi connectivity index (χ2v) is 8.72. The molecule has 4 rings (SSSR count). The predicted octanol–water partition coefficient (Wildman–Crippen LogP) is 1.43. The lowest BCUT2D eigenvalue weighted by Gasteiger charge is -2.29. The Balaban J connectivity index is 1.48. The molecule has 1 aromatic carbocycles. The van der Waals surface area contributed by atoms with Crippen LogP contribution in [0.15, 0.2) is 35.5 Å². The van der Waals surface area contributed by atoms with Crippen molar-refractivity contribution in [3.8, 4) is 5.88 Å². The van der Waals surface area contributed by atoms with Gasteiger partial charge in [0.1, 0.15) is 17.7 Å². The molecule has 8 nitrogen and oxygen atoms in total. The zero-order chi connectivity index (χ0) is 20.4. The van der Waals surface area contributed by atoms with E-state index in [0.29, 0.717) is 50.5 Å². The number of morpholine rings is 1. The summed E-state index contributed by atoms with van der Waals surface area (Å²) in [5, 5.41) is 0. The molecule has 29 heavy (non-hydrogen) atoms. The SMILES string of the molecule is O=S(=O)(c1cc(F)cc(F)c1)N1CCC(Oc2nccnc2N2CCOCC2)C1. The molecule has 3 heterocycles. The van der Waals surface area contributed by atoms with E-state index < -0.39 is 32.7 Å². The van der Waals surface area contributed by atoms with Crippen LogP contribution in [0.1, 0.15) is 6.42 Å². The van der Waals surface area contributed by atoms with E-state index in [0.717, 1.165) is 16.4 Å². The number of rotatable bonds is 5. The van der Waals surface area contributed by atoms with Crippen LogP contribution >= 0.6 is 0 Å². The number of hydrogen-bond donors (Lipinski definition) is 0. The summed E-state index contributed by atoms with van der Waals surface area (Å²) in [7, 11) is -4.03. The molecule has 0 aliphatic carbocycles. The van der Waals surface area contributed by atoms with Gasteiger partial charge in [-0.1, -0.05) is 0 Å². The summed E-state index contributed by atoms with van der Waals surface area (Å²) >= 11 is 0. The standard InChI is InChI=1S/C18H20F2N4O4S/c19-13-9-14(20)11-16(10-13)29(25,26)24-4-1-15(12-24)28-18-17(21-2-3-22-18)23-5-7-27-8-6-23/h2-3,9-11,15H,1,4-8,12H2. The molecule has 0 spiro atoms. The highest BCUT2D eigenvalue weighted by Gasteiger charge is 2.35. The van der Waals surface area contributed by atoms with Gasteiger partial charge >= 0.3 is 0 Å². The number of nitrogens with zero attached hydrogens (tertiary/aromatic N) is 4. The third kappa shape index (κ3) is 4.31. The highest BCUT2D eigenvalue weighted by molar-refractivity contribution is 7.89. The molecule has 0 bridgehead atoms. The van der Waals surface area contributed by atoms with E-state index in [2.05, 4.69) is 9.97 Å². The van der Waals surface area contributed by atoms with Crippen LogP contribution in [0.2, 0.25) is 0 Å². The van der Waals surface area contributed by atoms with Crippen molar-refractivity contribution >= 4 is 15.8 Å². The quantitative estimate of drug-likeness (QED) is 0.715. The number of hydrogen-bond acceptors (Lipinski definition) is 7. The van der Waals surface area contributed by atoms with Crippen molar-refractivity contribution in [2.75, 3.05) is 44.3 Å². The lowest BCUT2D eigenvalue weighted by Crippen LogP contribution is -2.37. The van der Waals surface area contributed by atoms with Crippen molar-refractivity contribution in [2.24, 2.45) is 0 Å². The Bertz CT molecular complexity index is 965. The highest BCUT2D eigenvalue weighted by atomic mass is 32.2. The van der Waals surface area contributed by atoms with E-state index in [1.54, 1.807) is 6.20 Å². The maximum Gasteiger partial charge on any atom is 0.257 e. The van der Waals surface area contributed by atoms with Gasteiger partial charge in [0, 0.05) is 38.1 Å². The van der Waals surface area contributed by atoms with Crippen LogP contribution in [0.5, 0.6) is 5.88 Å². The molecular formula is C18H20F2N4O4S. The first-order valence-electron chi connectivity index (χ1n) is 9.20. The van der Waals surface area contributed by atoms with Gasteiger partial charge in [-0.2, -0.15) is 4.31 Å². The van der Waals surface area contributed by atoms with Crippen molar-refractivity contribution < 1.29 is 26.7 Å². The number of sulfonamides is 1. The van der Waals surface area contributed by atoms with Crippen molar-refractivity contribution in [3.63, 3.8) is 0 Å². The van der Waals surface area contributed by atoms with Crippen LogP contribution in [-0.4, -0.2) is 68.2 Å². The second-order valence-electron chi connectivity index (χ2n) is 6.78. The van der Waals surface area contributed by atoms with Crippen LogP contribution in [0.3, 0.4) is 0 Å². The maximum absolute atomic E-state index is 13.5. The summed E-state index contributed by atoms with van der Waals surface area (Å²) in [5.41, 5.74) is 0. The number of ether oxygens (including phenoxy) is 2. The lowest BCUT2D eigenvalue weighted by atomic mass is 10.3. The molecule has 2 aliphatic rings. The largest absolute Gasteiger partial charge is 0.470 e. The fraction of sp³-hybridized carbons (Fsp3) is 0.444. The fourth-order valence-corrected chi connectivity index (χ4v) is 4.92. The molecular weight excluding hydrogens is 406 g/mol. The van der Waals surface area contributed by atoms with Gasteiger partial charge in [-0.25, -0.2) is 27.2 Å². The van der Waals surface area contributed by atoms with Gasteiger partial charge in [0.15, 0.2) is 5.82 Å². The molecule has 0 saturated carbocycles. The minimum Gasteiger partial charge on any atom is -0.470 e. The van der Waals surface area contributed by atoms with Crippen LogP contribution in [0.4, 0.5) is 14.6 Å². The summed E-state index contributed by atoms with van der Waals surface area (Å²) < 4.78 is 64.9. The Hall–Kier alpha value is -2.37. The molecule has 11 heteroatoms. The minimum atomic E-state index is -4.03. The molecule has 2 aliphatic heterocycles. The van der Waals surface area contributed by atoms with Gasteiger partial charge in [0.05, 0.1) is 24.7 Å². The summed E-state index contributed by atoms with van der Waals surface area (Å²) in [6.07, 6.45) is 3.07. The summed E-state index contributed by atoms with van der Waals surface area (Å²) in [4.78, 5) is 10.2. The van der Waals surface area contributed by atoms with Crippen molar-refractivity contribution in [1.29, 1.82) is 0 Å². The van der Waals surface area contributed by atoms with E-state index in [1.165, 1.54) is 6.20 Å². The number of halogens is 2. The lowest BCUT2D eigenvalue weighted by molar-refractivity contribution is 0.121. The Morgan fingerprint density at radius 1 is 1.03 bits per heavy atom. The number of aromatic nitrogens is 2. The van der Waals surface area contributed by atoms with Gasteiger partial charge in [-0.15, -0.1) is 0 Å². The predicted molar refractivity (Wildman–Crippen MR) is 99.2 cm³/mol. The Morgan fingerprint density at radius 2 is 1.72 bits per heavy atom. The van der Waals surface area contributed by atoms with E-state index in [4.69, 9.17) is 9.47 Å². The monoisotopic (exact) mass is 426 g/mol. The third-order valence-corrected chi connectivity index (χ3v) is 6.66. The molecule has 0 radical (unpaired) electrons. The molecule has 2 saturated heterocycles. The van der Waals surface area contributed by atoms with Gasteiger partial charge in [0.25, 0.3) is 5.88 Å². The first-order valence-corrected chi connectivity index (χ1v) is 10.6. The maximum atomic E-state index is 13.5. The van der Waals surface area contributed by atoms with E-state index >= 15 is 0 Å². The minimum absolute atomic E-state index is 0.0551. The second kappa shape index (κ2) is 8.17. The van der Waals surface area contributed by atoms with Crippen LogP contribution in [-0.2, 0) is 14.8 Å². The number of anilines is 1. The van der Waals surface area contributed by atoms with Gasteiger partial charge in [-0.3, -0.25) is 0 Å².